The number of hydrogen-bond donors (Lipinski definition) is 0. The molecule has 0 radical (unpaired) electrons. The average molecular weight is 270 g/mol. The molecule has 0 saturated carbocycles. The number of aryl methyl sites for hydroxylation is 1. The predicted octanol–water partition coefficient (Wildman–Crippen LogP) is 3.67. The summed E-state index contributed by atoms with van der Waals surface area (Å²) in [5.41, 5.74) is 3.66. The Morgan fingerprint density at radius 1 is 1.05 bits per heavy atom. The Morgan fingerprint density at radius 3 is 2.55 bits per heavy atom. The van der Waals surface area contributed by atoms with Crippen LogP contribution in [0.1, 0.15) is 27.0 Å². The van der Waals surface area contributed by atoms with E-state index >= 15 is 0 Å². The number of carbonyl (C=O) groups excluding carboxylic acids is 1. The van der Waals surface area contributed by atoms with Gasteiger partial charge in [0, 0.05) is 5.56 Å². The first-order valence-corrected chi connectivity index (χ1v) is 6.48. The van der Waals surface area contributed by atoms with Crippen molar-refractivity contribution in [1.82, 2.24) is 0 Å². The SMILES string of the molecule is COC(=O)c1ccccc1COc1cccc(C)c1C. The van der Waals surface area contributed by atoms with E-state index in [1.54, 1.807) is 6.07 Å². The molecule has 0 unspecified atom stereocenters. The summed E-state index contributed by atoms with van der Waals surface area (Å²) in [5.74, 6) is 0.495. The first kappa shape index (κ1) is 14.1. The second kappa shape index (κ2) is 6.24. The lowest BCUT2D eigenvalue weighted by Crippen LogP contribution is -2.08. The van der Waals surface area contributed by atoms with E-state index in [2.05, 4.69) is 0 Å². The van der Waals surface area contributed by atoms with Crippen LogP contribution in [0, 0.1) is 13.8 Å². The predicted molar refractivity (Wildman–Crippen MR) is 78.0 cm³/mol. The Labute approximate surface area is 119 Å². The van der Waals surface area contributed by atoms with E-state index in [4.69, 9.17) is 9.47 Å². The number of rotatable bonds is 4. The van der Waals surface area contributed by atoms with Gasteiger partial charge in [0.15, 0.2) is 0 Å². The van der Waals surface area contributed by atoms with Crippen molar-refractivity contribution in [2.45, 2.75) is 20.5 Å². The van der Waals surface area contributed by atoms with Crippen molar-refractivity contribution < 1.29 is 14.3 Å². The zero-order valence-corrected chi connectivity index (χ0v) is 12.0. The van der Waals surface area contributed by atoms with Crippen LogP contribution >= 0.6 is 0 Å². The van der Waals surface area contributed by atoms with E-state index in [1.807, 2.05) is 50.2 Å². The minimum atomic E-state index is -0.342. The minimum absolute atomic E-state index is 0.342. The maximum Gasteiger partial charge on any atom is 0.338 e. The largest absolute Gasteiger partial charge is 0.489 e. The molecule has 2 aromatic rings. The maximum atomic E-state index is 11.7. The van der Waals surface area contributed by atoms with Crippen molar-refractivity contribution in [3.05, 3.63) is 64.7 Å². The summed E-state index contributed by atoms with van der Waals surface area (Å²) in [6, 6.07) is 13.3. The zero-order valence-electron chi connectivity index (χ0n) is 12.0. The van der Waals surface area contributed by atoms with Crippen LogP contribution in [-0.4, -0.2) is 13.1 Å². The minimum Gasteiger partial charge on any atom is -0.489 e. The summed E-state index contributed by atoms with van der Waals surface area (Å²) in [7, 11) is 1.38. The number of ether oxygens (including phenoxy) is 2. The van der Waals surface area contributed by atoms with Crippen LogP contribution in [0.25, 0.3) is 0 Å². The lowest BCUT2D eigenvalue weighted by molar-refractivity contribution is 0.0597. The van der Waals surface area contributed by atoms with Crippen LogP contribution in [0.4, 0.5) is 0 Å². The molecule has 0 aliphatic carbocycles. The quantitative estimate of drug-likeness (QED) is 0.795. The highest BCUT2D eigenvalue weighted by Gasteiger charge is 2.11. The van der Waals surface area contributed by atoms with Crippen LogP contribution in [0.15, 0.2) is 42.5 Å². The lowest BCUT2D eigenvalue weighted by Gasteiger charge is -2.12. The van der Waals surface area contributed by atoms with E-state index < -0.39 is 0 Å². The van der Waals surface area contributed by atoms with Crippen molar-refractivity contribution in [1.29, 1.82) is 0 Å². The van der Waals surface area contributed by atoms with E-state index in [0.29, 0.717) is 12.2 Å². The smallest absolute Gasteiger partial charge is 0.338 e. The van der Waals surface area contributed by atoms with Gasteiger partial charge in [-0.15, -0.1) is 0 Å². The molecule has 3 nitrogen and oxygen atoms in total. The third-order valence-electron chi connectivity index (χ3n) is 3.36. The van der Waals surface area contributed by atoms with E-state index in [0.717, 1.165) is 16.9 Å². The third-order valence-corrected chi connectivity index (χ3v) is 3.36. The van der Waals surface area contributed by atoms with Crippen molar-refractivity contribution in [3.63, 3.8) is 0 Å². The molecule has 0 bridgehead atoms. The summed E-state index contributed by atoms with van der Waals surface area (Å²) in [5, 5.41) is 0. The molecule has 20 heavy (non-hydrogen) atoms. The van der Waals surface area contributed by atoms with Crippen LogP contribution in [0.5, 0.6) is 5.75 Å². The Balaban J connectivity index is 2.19. The number of methoxy groups -OCH3 is 1. The normalized spacial score (nSPS) is 10.2. The van der Waals surface area contributed by atoms with Gasteiger partial charge in [-0.3, -0.25) is 0 Å². The van der Waals surface area contributed by atoms with Crippen LogP contribution in [0.3, 0.4) is 0 Å². The van der Waals surface area contributed by atoms with Gasteiger partial charge in [0.25, 0.3) is 0 Å². The van der Waals surface area contributed by atoms with Crippen LogP contribution < -0.4 is 4.74 Å². The highest BCUT2D eigenvalue weighted by Crippen LogP contribution is 2.22. The van der Waals surface area contributed by atoms with Gasteiger partial charge in [0.1, 0.15) is 12.4 Å². The van der Waals surface area contributed by atoms with Gasteiger partial charge in [-0.1, -0.05) is 30.3 Å². The topological polar surface area (TPSA) is 35.5 Å². The Hall–Kier alpha value is -2.29. The fraction of sp³-hybridized carbons (Fsp3) is 0.235. The third kappa shape index (κ3) is 2.99. The van der Waals surface area contributed by atoms with Gasteiger partial charge in [-0.25, -0.2) is 4.79 Å². The molecule has 0 N–H and O–H groups in total. The van der Waals surface area contributed by atoms with Crippen molar-refractivity contribution in [2.75, 3.05) is 7.11 Å². The van der Waals surface area contributed by atoms with Gasteiger partial charge >= 0.3 is 5.97 Å². The van der Waals surface area contributed by atoms with Gasteiger partial charge < -0.3 is 9.47 Å². The van der Waals surface area contributed by atoms with Crippen molar-refractivity contribution >= 4 is 5.97 Å². The second-order valence-electron chi connectivity index (χ2n) is 4.64. The molecule has 2 rings (SSSR count). The number of carbonyl (C=O) groups is 1. The summed E-state index contributed by atoms with van der Waals surface area (Å²) >= 11 is 0. The average Bonchev–Trinajstić information content (AvgIpc) is 2.48. The van der Waals surface area contributed by atoms with Crippen LogP contribution in [-0.2, 0) is 11.3 Å². The Morgan fingerprint density at radius 2 is 1.80 bits per heavy atom. The first-order valence-electron chi connectivity index (χ1n) is 6.48. The molecule has 0 aliphatic rings. The van der Waals surface area contributed by atoms with Crippen LogP contribution in [0.2, 0.25) is 0 Å². The summed E-state index contributed by atoms with van der Waals surface area (Å²) < 4.78 is 10.6. The van der Waals surface area contributed by atoms with E-state index in [1.165, 1.54) is 12.7 Å². The summed E-state index contributed by atoms with van der Waals surface area (Å²) in [4.78, 5) is 11.7. The van der Waals surface area contributed by atoms with Gasteiger partial charge in [-0.05, 0) is 37.1 Å². The zero-order chi connectivity index (χ0) is 14.5. The van der Waals surface area contributed by atoms with Gasteiger partial charge in [0.2, 0.25) is 0 Å². The van der Waals surface area contributed by atoms with E-state index in [9.17, 15) is 4.79 Å². The molecule has 0 fully saturated rings. The number of benzene rings is 2. The Kier molecular flexibility index (Phi) is 4.41. The Bertz CT molecular complexity index is 617. The molecular formula is C17H18O3. The molecule has 0 aliphatic heterocycles. The molecule has 0 saturated heterocycles. The van der Waals surface area contributed by atoms with E-state index in [-0.39, 0.29) is 5.97 Å². The number of hydrogen-bond acceptors (Lipinski definition) is 3. The summed E-state index contributed by atoms with van der Waals surface area (Å²) in [6.45, 7) is 4.41. The highest BCUT2D eigenvalue weighted by molar-refractivity contribution is 5.90. The molecule has 3 heteroatoms. The molecule has 0 aromatic heterocycles. The van der Waals surface area contributed by atoms with Gasteiger partial charge in [0.05, 0.1) is 12.7 Å². The summed E-state index contributed by atoms with van der Waals surface area (Å²) in [6.07, 6.45) is 0. The lowest BCUT2D eigenvalue weighted by atomic mass is 10.1. The molecule has 0 atom stereocenters. The molecule has 0 heterocycles. The fourth-order valence-electron chi connectivity index (χ4n) is 1.99. The highest BCUT2D eigenvalue weighted by atomic mass is 16.5. The molecule has 104 valence electrons. The van der Waals surface area contributed by atoms with Gasteiger partial charge in [-0.2, -0.15) is 0 Å². The first-order chi connectivity index (χ1) is 9.63. The van der Waals surface area contributed by atoms with Crippen molar-refractivity contribution in [2.24, 2.45) is 0 Å². The molecule has 2 aromatic carbocycles. The number of esters is 1. The molecular weight excluding hydrogens is 252 g/mol. The molecule has 0 amide bonds. The van der Waals surface area contributed by atoms with Crippen molar-refractivity contribution in [3.8, 4) is 5.75 Å². The monoisotopic (exact) mass is 270 g/mol. The molecule has 0 spiro atoms. The maximum absolute atomic E-state index is 11.7. The fourth-order valence-corrected chi connectivity index (χ4v) is 1.99. The second-order valence-corrected chi connectivity index (χ2v) is 4.64. The standard InChI is InChI=1S/C17H18O3/c1-12-7-6-10-16(13(12)2)20-11-14-8-4-5-9-15(14)17(18)19-3/h4-10H,11H2,1-3H3.